The number of carbonyl (C=O) groups is 3. The number of hydrogen-bond donors (Lipinski definition) is 2. The number of carbonyl (C=O) groups excluding carboxylic acids is 3. The van der Waals surface area contributed by atoms with Gasteiger partial charge in [0.15, 0.2) is 0 Å². The fourth-order valence-electron chi connectivity index (χ4n) is 4.33. The van der Waals surface area contributed by atoms with Crippen molar-refractivity contribution < 1.29 is 14.4 Å². The summed E-state index contributed by atoms with van der Waals surface area (Å²) in [6, 6.07) is 7.50. The summed E-state index contributed by atoms with van der Waals surface area (Å²) >= 11 is 0. The quantitative estimate of drug-likeness (QED) is 0.719. The van der Waals surface area contributed by atoms with Gasteiger partial charge < -0.3 is 10.2 Å². The molecule has 2 fully saturated rings. The molecule has 3 heterocycles. The van der Waals surface area contributed by atoms with Crippen molar-refractivity contribution in [2.75, 3.05) is 19.6 Å². The molecule has 146 valence electrons. The monoisotopic (exact) mass is 381 g/mol. The van der Waals surface area contributed by atoms with Crippen LogP contribution in [0.25, 0.3) is 0 Å². The number of amides is 3. The lowest BCUT2D eigenvalue weighted by atomic mass is 10.0. The second-order valence-electron chi connectivity index (χ2n) is 7.53. The molecule has 2 saturated heterocycles. The van der Waals surface area contributed by atoms with Crippen LogP contribution in [0.2, 0.25) is 0 Å². The van der Waals surface area contributed by atoms with Crippen molar-refractivity contribution in [2.24, 2.45) is 0 Å². The van der Waals surface area contributed by atoms with Crippen molar-refractivity contribution in [1.82, 2.24) is 20.4 Å². The summed E-state index contributed by atoms with van der Waals surface area (Å²) in [6.07, 6.45) is 1.07. The van der Waals surface area contributed by atoms with Crippen molar-refractivity contribution in [3.05, 3.63) is 34.9 Å². The van der Waals surface area contributed by atoms with Gasteiger partial charge in [-0.3, -0.25) is 24.6 Å². The molecule has 2 N–H and O–H groups in total. The van der Waals surface area contributed by atoms with E-state index in [2.05, 4.69) is 21.6 Å². The van der Waals surface area contributed by atoms with Crippen LogP contribution in [-0.4, -0.2) is 59.2 Å². The minimum Gasteiger partial charge on any atom is -0.322 e. The van der Waals surface area contributed by atoms with Crippen LogP contribution in [0, 0.1) is 11.3 Å². The van der Waals surface area contributed by atoms with E-state index in [-0.39, 0.29) is 24.3 Å². The van der Waals surface area contributed by atoms with Gasteiger partial charge in [-0.1, -0.05) is 12.1 Å². The molecular weight excluding hydrogens is 358 g/mol. The van der Waals surface area contributed by atoms with Crippen LogP contribution in [0.1, 0.15) is 40.7 Å². The number of hydrogen-bond acceptors (Lipinski definition) is 6. The second-order valence-corrected chi connectivity index (χ2v) is 7.53. The van der Waals surface area contributed by atoms with E-state index in [0.717, 1.165) is 30.8 Å². The zero-order chi connectivity index (χ0) is 19.7. The lowest BCUT2D eigenvalue weighted by Crippen LogP contribution is -2.52. The van der Waals surface area contributed by atoms with Gasteiger partial charge in [-0.05, 0) is 23.6 Å². The predicted molar refractivity (Wildman–Crippen MR) is 99.8 cm³/mol. The minimum atomic E-state index is -0.601. The van der Waals surface area contributed by atoms with E-state index in [0.29, 0.717) is 31.5 Å². The molecule has 3 aliphatic rings. The Labute approximate surface area is 163 Å². The van der Waals surface area contributed by atoms with Crippen LogP contribution >= 0.6 is 0 Å². The molecule has 8 nitrogen and oxygen atoms in total. The molecule has 0 saturated carbocycles. The Balaban J connectivity index is 1.55. The molecule has 28 heavy (non-hydrogen) atoms. The molecule has 0 spiro atoms. The Kier molecular flexibility index (Phi) is 5.11. The van der Waals surface area contributed by atoms with Gasteiger partial charge in [-0.25, -0.2) is 0 Å². The molecule has 2 unspecified atom stereocenters. The Morgan fingerprint density at radius 3 is 2.89 bits per heavy atom. The van der Waals surface area contributed by atoms with Gasteiger partial charge >= 0.3 is 0 Å². The second kappa shape index (κ2) is 7.70. The fraction of sp³-hybridized carbons (Fsp3) is 0.500. The van der Waals surface area contributed by atoms with Crippen LogP contribution in [-0.2, 0) is 22.7 Å². The van der Waals surface area contributed by atoms with Crippen molar-refractivity contribution in [3.63, 3.8) is 0 Å². The first-order valence-electron chi connectivity index (χ1n) is 9.65. The summed E-state index contributed by atoms with van der Waals surface area (Å²) in [4.78, 5) is 40.5. The summed E-state index contributed by atoms with van der Waals surface area (Å²) in [6.45, 7) is 3.56. The number of nitrogens with one attached hydrogen (secondary N) is 2. The number of nitrogens with zero attached hydrogens (tertiary/aromatic N) is 3. The molecule has 0 aromatic heterocycles. The van der Waals surface area contributed by atoms with Crippen LogP contribution < -0.4 is 10.6 Å². The Hall–Kier alpha value is -2.76. The molecule has 0 radical (unpaired) electrons. The fourth-order valence-corrected chi connectivity index (χ4v) is 4.33. The highest BCUT2D eigenvalue weighted by molar-refractivity contribution is 6.05. The average Bonchev–Trinajstić information content (AvgIpc) is 3.01. The van der Waals surface area contributed by atoms with E-state index >= 15 is 0 Å². The van der Waals surface area contributed by atoms with E-state index in [4.69, 9.17) is 5.26 Å². The van der Waals surface area contributed by atoms with Gasteiger partial charge in [0, 0.05) is 50.7 Å². The topological polar surface area (TPSA) is 106 Å². The van der Waals surface area contributed by atoms with E-state index in [9.17, 15) is 14.4 Å². The van der Waals surface area contributed by atoms with Gasteiger partial charge in [0.25, 0.3) is 5.91 Å². The smallest absolute Gasteiger partial charge is 0.255 e. The highest BCUT2D eigenvalue weighted by Crippen LogP contribution is 2.30. The first-order valence-corrected chi connectivity index (χ1v) is 9.65. The van der Waals surface area contributed by atoms with Crippen molar-refractivity contribution in [2.45, 2.75) is 44.4 Å². The third-order valence-electron chi connectivity index (χ3n) is 5.85. The molecule has 1 aromatic carbocycles. The Bertz CT molecular complexity index is 862. The molecule has 2 atom stereocenters. The van der Waals surface area contributed by atoms with E-state index in [1.54, 1.807) is 11.0 Å². The zero-order valence-corrected chi connectivity index (χ0v) is 15.6. The lowest BCUT2D eigenvalue weighted by Gasteiger charge is -2.35. The molecule has 4 rings (SSSR count). The Morgan fingerprint density at radius 1 is 1.25 bits per heavy atom. The Morgan fingerprint density at radius 2 is 2.11 bits per heavy atom. The van der Waals surface area contributed by atoms with Crippen LogP contribution in [0.15, 0.2) is 18.2 Å². The van der Waals surface area contributed by atoms with Crippen molar-refractivity contribution >= 4 is 17.7 Å². The number of nitriles is 1. The molecule has 3 amide bonds. The van der Waals surface area contributed by atoms with Crippen LogP contribution in [0.4, 0.5) is 0 Å². The highest BCUT2D eigenvalue weighted by Gasteiger charge is 2.40. The lowest BCUT2D eigenvalue weighted by molar-refractivity contribution is -0.136. The van der Waals surface area contributed by atoms with Gasteiger partial charge in [0.05, 0.1) is 12.5 Å². The first kappa shape index (κ1) is 18.6. The summed E-state index contributed by atoms with van der Waals surface area (Å²) in [5.74, 6) is -0.830. The van der Waals surface area contributed by atoms with Crippen molar-refractivity contribution in [1.29, 1.82) is 5.26 Å². The molecule has 3 aliphatic heterocycles. The standard InChI is InChI=1S/C20H23N5O3/c21-7-6-14-10-22-8-9-24(14)11-13-2-1-3-15-16(13)12-25(20(15)28)17-4-5-18(26)23-19(17)27/h1-3,14,17,22H,4-6,8-12H2,(H,23,26,27). The highest BCUT2D eigenvalue weighted by atomic mass is 16.2. The van der Waals surface area contributed by atoms with E-state index in [1.807, 2.05) is 12.1 Å². The van der Waals surface area contributed by atoms with Gasteiger partial charge in [0.2, 0.25) is 11.8 Å². The third-order valence-corrected chi connectivity index (χ3v) is 5.85. The van der Waals surface area contributed by atoms with E-state index < -0.39 is 11.9 Å². The predicted octanol–water partition coefficient (Wildman–Crippen LogP) is 0.135. The normalized spacial score (nSPS) is 25.4. The minimum absolute atomic E-state index is 0.151. The van der Waals surface area contributed by atoms with Gasteiger partial charge in [0.1, 0.15) is 6.04 Å². The maximum absolute atomic E-state index is 12.9. The first-order chi connectivity index (χ1) is 13.6. The van der Waals surface area contributed by atoms with E-state index in [1.165, 1.54) is 0 Å². The molecule has 0 bridgehead atoms. The largest absolute Gasteiger partial charge is 0.322 e. The maximum Gasteiger partial charge on any atom is 0.255 e. The molecular formula is C20H23N5O3. The summed E-state index contributed by atoms with van der Waals surface area (Å²) in [5.41, 5.74) is 2.64. The van der Waals surface area contributed by atoms with Crippen LogP contribution in [0.5, 0.6) is 0 Å². The third kappa shape index (κ3) is 3.39. The summed E-state index contributed by atoms with van der Waals surface area (Å²) < 4.78 is 0. The van der Waals surface area contributed by atoms with Gasteiger partial charge in [-0.15, -0.1) is 0 Å². The zero-order valence-electron chi connectivity index (χ0n) is 15.6. The SMILES string of the molecule is N#CCC1CNCCN1Cc1cccc2c1CN(C1CCC(=O)NC1=O)C2=O. The molecule has 8 heteroatoms. The maximum atomic E-state index is 12.9. The van der Waals surface area contributed by atoms with Gasteiger partial charge in [-0.2, -0.15) is 5.26 Å². The number of piperazine rings is 1. The van der Waals surface area contributed by atoms with Crippen molar-refractivity contribution in [3.8, 4) is 6.07 Å². The van der Waals surface area contributed by atoms with Crippen LogP contribution in [0.3, 0.4) is 0 Å². The molecule has 1 aromatic rings. The summed E-state index contributed by atoms with van der Waals surface area (Å²) in [7, 11) is 0. The number of fused-ring (bicyclic) bond motifs is 1. The summed E-state index contributed by atoms with van der Waals surface area (Å²) in [5, 5.41) is 14.8. The molecule has 0 aliphatic carbocycles. The number of piperidine rings is 1. The number of rotatable bonds is 4. The average molecular weight is 381 g/mol. The number of imide groups is 1. The number of benzene rings is 1.